The molecule has 0 bridgehead atoms. The molecule has 12 aromatic rings. The Morgan fingerprint density at radius 1 is 0.284 bits per heavy atom. The Labute approximate surface area is 390 Å². The molecule has 0 saturated heterocycles. The van der Waals surface area contributed by atoms with Crippen molar-refractivity contribution < 1.29 is 9.47 Å². The van der Waals surface area contributed by atoms with Crippen LogP contribution < -0.4 is 9.47 Å². The highest BCUT2D eigenvalue weighted by atomic mass is 16.5. The lowest BCUT2D eigenvalue weighted by Gasteiger charge is -2.24. The number of methoxy groups -OCH3 is 2. The minimum absolute atomic E-state index is 0.241. The topological polar surface area (TPSA) is 18.5 Å². The SMILES string of the molecule is COc1ccc2cc(-c3c4ccccc4c(-c4ccc5c(c4)C(C)(C)c4cc(-c6c7ccccc7c(-c7ccc8cc(OC)ccc8c7)c7ccccc67)ccc4-5)c4ccccc34)ccc2c1. The van der Waals surface area contributed by atoms with Crippen LogP contribution in [-0.2, 0) is 5.41 Å². The lowest BCUT2D eigenvalue weighted by atomic mass is 9.79. The monoisotopic (exact) mass is 858 g/mol. The zero-order chi connectivity index (χ0) is 45.0. The van der Waals surface area contributed by atoms with Crippen LogP contribution in [0.15, 0.2) is 206 Å². The Morgan fingerprint density at radius 3 is 0.866 bits per heavy atom. The van der Waals surface area contributed by atoms with Crippen molar-refractivity contribution in [1.29, 1.82) is 0 Å². The molecule has 1 aliphatic rings. The van der Waals surface area contributed by atoms with E-state index in [1.54, 1.807) is 14.2 Å². The minimum atomic E-state index is -0.241. The van der Waals surface area contributed by atoms with E-state index < -0.39 is 0 Å². The Balaban J connectivity index is 0.951. The minimum Gasteiger partial charge on any atom is -0.497 e. The largest absolute Gasteiger partial charge is 0.497 e. The van der Waals surface area contributed by atoms with Crippen LogP contribution in [0, 0.1) is 0 Å². The molecular formula is C65H46O2. The Bertz CT molecular complexity index is 3670. The molecular weight excluding hydrogens is 813 g/mol. The molecule has 318 valence electrons. The third-order valence-electron chi connectivity index (χ3n) is 14.8. The molecule has 0 atom stereocenters. The van der Waals surface area contributed by atoms with E-state index in [-0.39, 0.29) is 5.41 Å². The fourth-order valence-corrected chi connectivity index (χ4v) is 11.6. The number of hydrogen-bond acceptors (Lipinski definition) is 2. The van der Waals surface area contributed by atoms with Crippen LogP contribution in [0.4, 0.5) is 0 Å². The number of hydrogen-bond donors (Lipinski definition) is 0. The van der Waals surface area contributed by atoms with Gasteiger partial charge in [0, 0.05) is 5.41 Å². The Hall–Kier alpha value is -8.20. The molecule has 0 fully saturated rings. The zero-order valence-electron chi connectivity index (χ0n) is 37.9. The summed E-state index contributed by atoms with van der Waals surface area (Å²) in [5.41, 5.74) is 15.1. The first-order valence-electron chi connectivity index (χ1n) is 23.2. The van der Waals surface area contributed by atoms with E-state index in [2.05, 4.69) is 208 Å². The highest BCUT2D eigenvalue weighted by molar-refractivity contribution is 6.23. The highest BCUT2D eigenvalue weighted by Crippen LogP contribution is 2.53. The summed E-state index contributed by atoms with van der Waals surface area (Å²) in [5, 5.41) is 14.8. The second kappa shape index (κ2) is 14.9. The summed E-state index contributed by atoms with van der Waals surface area (Å²) in [4.78, 5) is 0. The molecule has 2 heteroatoms. The second-order valence-corrected chi connectivity index (χ2v) is 18.7. The molecule has 0 spiro atoms. The lowest BCUT2D eigenvalue weighted by Crippen LogP contribution is -2.15. The standard InChI is InChI=1S/C65H46O2/c1-65(2)59-37-45(63-55-17-9-5-13-51(55)61(52-14-6-10-18-56(52)63)43-23-21-41-35-47(66-3)29-25-39(41)33-43)27-31-49(59)50-32-28-46(38-60(50)65)64-57-19-11-7-15-53(57)62(54-16-8-12-20-58(54)64)44-24-22-42-36-48(67-4)30-26-40(42)34-44/h5-38H,1-4H3. The summed E-state index contributed by atoms with van der Waals surface area (Å²) in [5.74, 6) is 1.74. The highest BCUT2D eigenvalue weighted by Gasteiger charge is 2.36. The maximum absolute atomic E-state index is 5.55. The first kappa shape index (κ1) is 39.2. The van der Waals surface area contributed by atoms with E-state index in [9.17, 15) is 0 Å². The first-order valence-corrected chi connectivity index (χ1v) is 23.2. The average molecular weight is 859 g/mol. The number of ether oxygens (including phenoxy) is 2. The van der Waals surface area contributed by atoms with Crippen LogP contribution in [0.1, 0.15) is 25.0 Å². The quantitative estimate of drug-likeness (QED) is 0.155. The van der Waals surface area contributed by atoms with Gasteiger partial charge in [-0.3, -0.25) is 0 Å². The van der Waals surface area contributed by atoms with E-state index in [0.29, 0.717) is 0 Å². The Kier molecular flexibility index (Phi) is 8.73. The molecule has 2 nitrogen and oxygen atoms in total. The third kappa shape index (κ3) is 5.96. The summed E-state index contributed by atoms with van der Waals surface area (Å²) < 4.78 is 11.1. The maximum Gasteiger partial charge on any atom is 0.119 e. The molecule has 0 saturated carbocycles. The first-order chi connectivity index (χ1) is 32.9. The van der Waals surface area contributed by atoms with Gasteiger partial charge >= 0.3 is 0 Å². The maximum atomic E-state index is 5.55. The van der Waals surface area contributed by atoms with Gasteiger partial charge in [-0.15, -0.1) is 0 Å². The number of rotatable bonds is 6. The summed E-state index contributed by atoms with van der Waals surface area (Å²) in [6.45, 7) is 4.82. The van der Waals surface area contributed by atoms with Crippen molar-refractivity contribution >= 4 is 64.6 Å². The fourth-order valence-electron chi connectivity index (χ4n) is 11.6. The molecule has 13 rings (SSSR count). The van der Waals surface area contributed by atoms with E-state index in [0.717, 1.165) is 11.5 Å². The number of benzene rings is 12. The zero-order valence-corrected chi connectivity index (χ0v) is 37.9. The molecule has 67 heavy (non-hydrogen) atoms. The lowest BCUT2D eigenvalue weighted by molar-refractivity contribution is 0.415. The van der Waals surface area contributed by atoms with Gasteiger partial charge in [0.2, 0.25) is 0 Å². The summed E-state index contributed by atoms with van der Waals surface area (Å²) >= 11 is 0. The Morgan fingerprint density at radius 2 is 0.552 bits per heavy atom. The molecule has 0 unspecified atom stereocenters. The van der Waals surface area contributed by atoms with Gasteiger partial charge in [-0.05, 0) is 180 Å². The molecule has 0 amide bonds. The van der Waals surface area contributed by atoms with E-state index in [4.69, 9.17) is 9.47 Å². The van der Waals surface area contributed by atoms with Gasteiger partial charge in [-0.1, -0.05) is 172 Å². The van der Waals surface area contributed by atoms with Gasteiger partial charge in [-0.2, -0.15) is 0 Å². The summed E-state index contributed by atoms with van der Waals surface area (Å²) in [6.07, 6.45) is 0. The molecule has 12 aromatic carbocycles. The van der Waals surface area contributed by atoms with Crippen LogP contribution >= 0.6 is 0 Å². The van der Waals surface area contributed by atoms with Crippen molar-refractivity contribution in [1.82, 2.24) is 0 Å². The van der Waals surface area contributed by atoms with Gasteiger partial charge in [0.25, 0.3) is 0 Å². The van der Waals surface area contributed by atoms with Crippen LogP contribution in [0.3, 0.4) is 0 Å². The van der Waals surface area contributed by atoms with Crippen LogP contribution in [0.25, 0.3) is 120 Å². The van der Waals surface area contributed by atoms with Gasteiger partial charge < -0.3 is 9.47 Å². The average Bonchev–Trinajstić information content (AvgIpc) is 3.60. The van der Waals surface area contributed by atoms with Crippen molar-refractivity contribution in [2.24, 2.45) is 0 Å². The predicted octanol–water partition coefficient (Wildman–Crippen LogP) is 17.6. The molecule has 0 radical (unpaired) electrons. The van der Waals surface area contributed by atoms with Crippen LogP contribution in [0.5, 0.6) is 11.5 Å². The molecule has 0 N–H and O–H groups in total. The van der Waals surface area contributed by atoms with Crippen molar-refractivity contribution in [2.45, 2.75) is 19.3 Å². The van der Waals surface area contributed by atoms with E-state index in [1.807, 2.05) is 12.1 Å². The van der Waals surface area contributed by atoms with Gasteiger partial charge in [0.15, 0.2) is 0 Å². The van der Waals surface area contributed by atoms with Crippen LogP contribution in [-0.4, -0.2) is 14.2 Å². The predicted molar refractivity (Wildman–Crippen MR) is 284 cm³/mol. The van der Waals surface area contributed by atoms with Crippen molar-refractivity contribution in [2.75, 3.05) is 14.2 Å². The third-order valence-corrected chi connectivity index (χ3v) is 14.8. The van der Waals surface area contributed by atoms with Gasteiger partial charge in [0.1, 0.15) is 11.5 Å². The summed E-state index contributed by atoms with van der Waals surface area (Å²) in [6, 6.07) is 76.6. The molecule has 1 aliphatic carbocycles. The summed E-state index contributed by atoms with van der Waals surface area (Å²) in [7, 11) is 3.45. The van der Waals surface area contributed by atoms with Crippen LogP contribution in [0.2, 0.25) is 0 Å². The van der Waals surface area contributed by atoms with E-state index >= 15 is 0 Å². The van der Waals surface area contributed by atoms with Gasteiger partial charge in [-0.25, -0.2) is 0 Å². The van der Waals surface area contributed by atoms with Crippen molar-refractivity contribution in [3.05, 3.63) is 217 Å². The van der Waals surface area contributed by atoms with Crippen molar-refractivity contribution in [3.8, 4) is 67.1 Å². The number of fused-ring (bicyclic) bond motifs is 9. The van der Waals surface area contributed by atoms with Gasteiger partial charge in [0.05, 0.1) is 14.2 Å². The molecule has 0 aromatic heterocycles. The van der Waals surface area contributed by atoms with Crippen molar-refractivity contribution in [3.63, 3.8) is 0 Å². The van der Waals surface area contributed by atoms with E-state index in [1.165, 1.54) is 131 Å². The normalized spacial score (nSPS) is 12.9. The second-order valence-electron chi connectivity index (χ2n) is 18.7. The fraction of sp³-hybridized carbons (Fsp3) is 0.0769. The molecule has 0 heterocycles. The smallest absolute Gasteiger partial charge is 0.119 e. The molecule has 0 aliphatic heterocycles.